The largest absolute Gasteiger partial charge is 0.490 e. The summed E-state index contributed by atoms with van der Waals surface area (Å²) < 4.78 is 39.9. The van der Waals surface area contributed by atoms with Crippen LogP contribution >= 0.6 is 0 Å². The Morgan fingerprint density at radius 2 is 1.92 bits per heavy atom. The minimum Gasteiger partial charge on any atom is -0.475 e. The molecule has 13 heteroatoms. The number of halogens is 3. The van der Waals surface area contributed by atoms with Crippen molar-refractivity contribution in [1.29, 1.82) is 0 Å². The molecule has 1 aliphatic rings. The number of nitrogen functional groups attached to an aromatic ring is 1. The molecule has 10 nitrogen and oxygen atoms in total. The second-order valence-electron chi connectivity index (χ2n) is 9.15. The molecule has 38 heavy (non-hydrogen) atoms. The average Bonchev–Trinajstić information content (AvgIpc) is 3.52. The first kappa shape index (κ1) is 26.9. The Kier molecular flexibility index (Phi) is 7.86. The first-order valence-corrected chi connectivity index (χ1v) is 12.0. The number of carboxylic acids is 1. The van der Waals surface area contributed by atoms with Crippen molar-refractivity contribution in [2.24, 2.45) is 0 Å². The summed E-state index contributed by atoms with van der Waals surface area (Å²) >= 11 is 0. The molecule has 5 rings (SSSR count). The van der Waals surface area contributed by atoms with Crippen LogP contribution in [-0.4, -0.2) is 56.1 Å². The smallest absolute Gasteiger partial charge is 0.475 e. The number of aromatic nitrogens is 4. The average molecular weight is 532 g/mol. The Balaban J connectivity index is 0.000000426. The predicted octanol–water partition coefficient (Wildman–Crippen LogP) is 4.71. The van der Waals surface area contributed by atoms with Crippen molar-refractivity contribution >= 4 is 28.6 Å². The fraction of sp³-hybridized carbons (Fsp3) is 0.360. The van der Waals surface area contributed by atoms with Crippen molar-refractivity contribution < 1.29 is 27.5 Å². The number of aliphatic carboxylic acids is 1. The summed E-state index contributed by atoms with van der Waals surface area (Å²) in [6.07, 6.45) is 2.83. The van der Waals surface area contributed by atoms with Crippen LogP contribution in [0.4, 0.5) is 24.7 Å². The lowest BCUT2D eigenvalue weighted by atomic mass is 10.1. The molecule has 4 heterocycles. The number of nitrogens with one attached hydrogen (secondary N) is 2. The monoisotopic (exact) mass is 531 g/mol. The molecule has 5 N–H and O–H groups in total. The zero-order valence-electron chi connectivity index (χ0n) is 20.8. The van der Waals surface area contributed by atoms with Gasteiger partial charge in [0.25, 0.3) is 0 Å². The molecule has 1 fully saturated rings. The van der Waals surface area contributed by atoms with Crippen LogP contribution < -0.4 is 16.4 Å². The number of alkyl halides is 3. The van der Waals surface area contributed by atoms with Gasteiger partial charge in [0.1, 0.15) is 11.3 Å². The summed E-state index contributed by atoms with van der Waals surface area (Å²) in [7, 11) is 0. The summed E-state index contributed by atoms with van der Waals surface area (Å²) in [4.78, 5) is 17.9. The maximum Gasteiger partial charge on any atom is 0.490 e. The number of nitrogens with zero attached hydrogens (tertiary/aromatic N) is 4. The van der Waals surface area contributed by atoms with Crippen LogP contribution in [0.1, 0.15) is 32.7 Å². The molecule has 0 radical (unpaired) electrons. The normalized spacial score (nSPS) is 14.4. The van der Waals surface area contributed by atoms with E-state index in [9.17, 15) is 13.2 Å². The van der Waals surface area contributed by atoms with E-state index < -0.39 is 12.1 Å². The molecule has 202 valence electrons. The van der Waals surface area contributed by atoms with Crippen molar-refractivity contribution in [2.75, 3.05) is 24.1 Å². The number of rotatable bonds is 5. The number of pyridine rings is 1. The number of hydrogen-bond donors (Lipinski definition) is 4. The molecule has 0 atom stereocenters. The van der Waals surface area contributed by atoms with E-state index in [1.165, 1.54) is 0 Å². The molecule has 1 aromatic carbocycles. The second-order valence-corrected chi connectivity index (χ2v) is 9.15. The van der Waals surface area contributed by atoms with Gasteiger partial charge >= 0.3 is 12.1 Å². The Morgan fingerprint density at radius 3 is 2.58 bits per heavy atom. The molecule has 0 saturated carbocycles. The highest BCUT2D eigenvalue weighted by atomic mass is 19.4. The third kappa shape index (κ3) is 6.40. The minimum absolute atomic E-state index is 0.335. The molecular formula is C25H28F3N7O3. The summed E-state index contributed by atoms with van der Waals surface area (Å²) in [5.74, 6) is -1.90. The predicted molar refractivity (Wildman–Crippen MR) is 136 cm³/mol. The van der Waals surface area contributed by atoms with Gasteiger partial charge in [-0.25, -0.2) is 14.8 Å². The van der Waals surface area contributed by atoms with E-state index in [2.05, 4.69) is 50.4 Å². The van der Waals surface area contributed by atoms with Gasteiger partial charge in [-0.15, -0.1) is 0 Å². The Labute approximate surface area is 216 Å². The van der Waals surface area contributed by atoms with Crippen LogP contribution in [0.25, 0.3) is 33.7 Å². The van der Waals surface area contributed by atoms with Gasteiger partial charge in [0.05, 0.1) is 17.8 Å². The highest BCUT2D eigenvalue weighted by molar-refractivity contribution is 5.83. The fourth-order valence-corrected chi connectivity index (χ4v) is 4.03. The Hall–Kier alpha value is -4.13. The van der Waals surface area contributed by atoms with Crippen LogP contribution in [0.2, 0.25) is 0 Å². The van der Waals surface area contributed by atoms with Gasteiger partial charge in [-0.3, -0.25) is 4.68 Å². The SMILES string of the molecule is CC(C)Nc1ccc2nc(-c3cc(-c4cnn(C5CCNCC5)c4)cnc3N)oc2c1.O=C(O)C(F)(F)F. The molecule has 1 saturated heterocycles. The topological polar surface area (TPSA) is 144 Å². The van der Waals surface area contributed by atoms with E-state index in [0.29, 0.717) is 34.9 Å². The van der Waals surface area contributed by atoms with Gasteiger partial charge < -0.3 is 25.9 Å². The Bertz CT molecular complexity index is 1410. The van der Waals surface area contributed by atoms with Crippen LogP contribution in [0.5, 0.6) is 0 Å². The van der Waals surface area contributed by atoms with E-state index in [-0.39, 0.29) is 0 Å². The molecule has 1 aliphatic heterocycles. The van der Waals surface area contributed by atoms with Gasteiger partial charge in [-0.1, -0.05) is 0 Å². The van der Waals surface area contributed by atoms with Gasteiger partial charge in [-0.2, -0.15) is 18.3 Å². The van der Waals surface area contributed by atoms with Crippen molar-refractivity contribution in [3.05, 3.63) is 42.9 Å². The van der Waals surface area contributed by atoms with Crippen LogP contribution in [0.3, 0.4) is 0 Å². The molecule has 0 aliphatic carbocycles. The molecule has 0 amide bonds. The molecule has 0 unspecified atom stereocenters. The van der Waals surface area contributed by atoms with E-state index in [1.807, 2.05) is 30.5 Å². The number of hydrogen-bond acceptors (Lipinski definition) is 8. The van der Waals surface area contributed by atoms with E-state index in [0.717, 1.165) is 48.3 Å². The molecule has 0 spiro atoms. The van der Waals surface area contributed by atoms with Crippen molar-refractivity contribution in [3.8, 4) is 22.6 Å². The first-order valence-electron chi connectivity index (χ1n) is 12.0. The van der Waals surface area contributed by atoms with Crippen molar-refractivity contribution in [2.45, 2.75) is 44.9 Å². The van der Waals surface area contributed by atoms with Gasteiger partial charge in [0, 0.05) is 41.3 Å². The highest BCUT2D eigenvalue weighted by Crippen LogP contribution is 2.32. The highest BCUT2D eigenvalue weighted by Gasteiger charge is 2.38. The number of nitrogens with two attached hydrogens (primary N) is 1. The number of piperidine rings is 1. The number of benzene rings is 1. The molecule has 0 bridgehead atoms. The zero-order chi connectivity index (χ0) is 27.4. The van der Waals surface area contributed by atoms with Crippen molar-refractivity contribution in [1.82, 2.24) is 25.1 Å². The summed E-state index contributed by atoms with van der Waals surface area (Å²) in [6, 6.07) is 8.65. The first-order chi connectivity index (χ1) is 18.0. The van der Waals surface area contributed by atoms with E-state index in [4.69, 9.17) is 20.1 Å². The zero-order valence-corrected chi connectivity index (χ0v) is 20.8. The maximum absolute atomic E-state index is 10.6. The van der Waals surface area contributed by atoms with Gasteiger partial charge in [0.15, 0.2) is 5.58 Å². The number of anilines is 2. The minimum atomic E-state index is -5.08. The van der Waals surface area contributed by atoms with E-state index >= 15 is 0 Å². The van der Waals surface area contributed by atoms with Gasteiger partial charge in [0.2, 0.25) is 5.89 Å². The maximum atomic E-state index is 10.6. The lowest BCUT2D eigenvalue weighted by Crippen LogP contribution is -2.29. The number of carbonyl (C=O) groups is 1. The summed E-state index contributed by atoms with van der Waals surface area (Å²) in [5, 5.41) is 18.5. The second kappa shape index (κ2) is 11.1. The fourth-order valence-electron chi connectivity index (χ4n) is 4.03. The number of fused-ring (bicyclic) bond motifs is 1. The van der Waals surface area contributed by atoms with Crippen molar-refractivity contribution in [3.63, 3.8) is 0 Å². The third-order valence-electron chi connectivity index (χ3n) is 5.85. The van der Waals surface area contributed by atoms with Crippen LogP contribution in [0, 0.1) is 0 Å². The third-order valence-corrected chi connectivity index (χ3v) is 5.85. The summed E-state index contributed by atoms with van der Waals surface area (Å²) in [6.45, 7) is 6.25. The number of oxazole rings is 1. The lowest BCUT2D eigenvalue weighted by Gasteiger charge is -2.22. The standard InChI is InChI=1S/C23H27N7O.C2HF3O2/c1-14(2)28-17-3-4-20-21(10-17)31-23(29-20)19-9-15(11-26-22(19)24)16-12-27-30(13-16)18-5-7-25-8-6-18;3-2(4,5)1(6)7/h3-4,9-14,18,25,28H,5-8H2,1-2H3,(H2,24,26);(H,6,7). The Morgan fingerprint density at radius 1 is 1.21 bits per heavy atom. The summed E-state index contributed by atoms with van der Waals surface area (Å²) in [5.41, 5.74) is 11.3. The van der Waals surface area contributed by atoms with Gasteiger partial charge in [-0.05, 0) is 58.0 Å². The quantitative estimate of drug-likeness (QED) is 0.288. The van der Waals surface area contributed by atoms with Crippen LogP contribution in [-0.2, 0) is 4.79 Å². The lowest BCUT2D eigenvalue weighted by molar-refractivity contribution is -0.192. The molecular weight excluding hydrogens is 503 g/mol. The number of carboxylic acid groups (broad SMARTS) is 1. The van der Waals surface area contributed by atoms with E-state index in [1.54, 1.807) is 6.20 Å². The van der Waals surface area contributed by atoms with Crippen LogP contribution in [0.15, 0.2) is 47.3 Å². The molecule has 4 aromatic rings. The molecule has 3 aromatic heterocycles.